The minimum Gasteiger partial charge on any atom is -0.380 e. The summed E-state index contributed by atoms with van der Waals surface area (Å²) in [7, 11) is 0. The van der Waals surface area contributed by atoms with Gasteiger partial charge in [-0.15, -0.1) is 0 Å². The molecule has 0 aromatic carbocycles. The predicted molar refractivity (Wildman–Crippen MR) is 59.1 cm³/mol. The van der Waals surface area contributed by atoms with Crippen LogP contribution in [0.5, 0.6) is 0 Å². The maximum Gasteiger partial charge on any atom is 0.222 e. The summed E-state index contributed by atoms with van der Waals surface area (Å²) in [6, 6.07) is 0. The fraction of sp³-hybridized carbons (Fsp3) is 0.556. The number of hydrogen-bond acceptors (Lipinski definition) is 5. The molecule has 2 N–H and O–H groups in total. The molecule has 1 aromatic heterocycles. The molecule has 0 radical (unpaired) electrons. The van der Waals surface area contributed by atoms with Crippen LogP contribution in [-0.4, -0.2) is 36.3 Å². The molecule has 0 aliphatic carbocycles. The third-order valence-corrected chi connectivity index (χ3v) is 2.53. The third-order valence-electron chi connectivity index (χ3n) is 2.27. The van der Waals surface area contributed by atoms with Crippen molar-refractivity contribution in [3.63, 3.8) is 0 Å². The zero-order valence-corrected chi connectivity index (χ0v) is 9.07. The lowest BCUT2D eigenvalue weighted by Gasteiger charge is -2.21. The number of nitrogens with zero attached hydrogens (tertiary/aromatic N) is 3. The molecular formula is C9H13ClN4O. The maximum absolute atomic E-state index is 6.02. The highest BCUT2D eigenvalue weighted by molar-refractivity contribution is 6.32. The molecule has 0 amide bonds. The topological polar surface area (TPSA) is 64.3 Å². The predicted octanol–water partition coefficient (Wildman–Crippen LogP) is 0.939. The summed E-state index contributed by atoms with van der Waals surface area (Å²) in [5.41, 5.74) is 5.53. The van der Waals surface area contributed by atoms with Gasteiger partial charge in [-0.3, -0.25) is 0 Å². The summed E-state index contributed by atoms with van der Waals surface area (Å²) < 4.78 is 5.36. The van der Waals surface area contributed by atoms with Crippen LogP contribution in [0.2, 0.25) is 5.02 Å². The second-order valence-corrected chi connectivity index (χ2v) is 3.76. The number of nitrogen functional groups attached to an aromatic ring is 1. The molecule has 0 saturated carbocycles. The van der Waals surface area contributed by atoms with Crippen LogP contribution in [0.4, 0.5) is 11.8 Å². The van der Waals surface area contributed by atoms with Gasteiger partial charge in [0.05, 0.1) is 12.8 Å². The van der Waals surface area contributed by atoms with Gasteiger partial charge in [-0.05, 0) is 6.42 Å². The van der Waals surface area contributed by atoms with Crippen LogP contribution in [-0.2, 0) is 4.74 Å². The molecule has 0 bridgehead atoms. The average Bonchev–Trinajstić information content (AvgIpc) is 2.50. The van der Waals surface area contributed by atoms with Gasteiger partial charge < -0.3 is 15.4 Å². The van der Waals surface area contributed by atoms with Gasteiger partial charge in [0, 0.05) is 19.7 Å². The average molecular weight is 229 g/mol. The molecule has 5 nitrogen and oxygen atoms in total. The number of rotatable bonds is 1. The lowest BCUT2D eigenvalue weighted by molar-refractivity contribution is 0.152. The van der Waals surface area contributed by atoms with Crippen LogP contribution in [0.15, 0.2) is 6.20 Å². The van der Waals surface area contributed by atoms with Gasteiger partial charge in [0.2, 0.25) is 5.95 Å². The van der Waals surface area contributed by atoms with Crippen molar-refractivity contribution in [3.05, 3.63) is 11.2 Å². The van der Waals surface area contributed by atoms with Crippen molar-refractivity contribution in [1.82, 2.24) is 9.97 Å². The van der Waals surface area contributed by atoms with Gasteiger partial charge in [0.15, 0.2) is 5.82 Å². The summed E-state index contributed by atoms with van der Waals surface area (Å²) in [5, 5.41) is 0.533. The van der Waals surface area contributed by atoms with E-state index >= 15 is 0 Å². The Morgan fingerprint density at radius 1 is 1.40 bits per heavy atom. The Balaban J connectivity index is 2.22. The maximum atomic E-state index is 6.02. The Bertz CT molecular complexity index is 339. The number of anilines is 2. The number of hydrogen-bond donors (Lipinski definition) is 1. The highest BCUT2D eigenvalue weighted by Gasteiger charge is 2.14. The Labute approximate surface area is 93.2 Å². The second-order valence-electron chi connectivity index (χ2n) is 3.35. The van der Waals surface area contributed by atoms with Crippen LogP contribution in [0, 0.1) is 0 Å². The first-order valence-electron chi connectivity index (χ1n) is 4.88. The molecule has 0 atom stereocenters. The normalized spacial score (nSPS) is 17.5. The summed E-state index contributed by atoms with van der Waals surface area (Å²) in [6.45, 7) is 3.15. The van der Waals surface area contributed by atoms with Crippen molar-refractivity contribution in [3.8, 4) is 0 Å². The number of ether oxygens (including phenoxy) is 1. The first-order chi connectivity index (χ1) is 7.27. The minimum atomic E-state index is 0.250. The van der Waals surface area contributed by atoms with Gasteiger partial charge in [-0.1, -0.05) is 11.6 Å². The fourth-order valence-electron chi connectivity index (χ4n) is 1.55. The van der Waals surface area contributed by atoms with Gasteiger partial charge in [-0.25, -0.2) is 4.98 Å². The standard InChI is InChI=1S/C9H13ClN4O/c10-7-6-12-9(11)13-8(7)14-2-1-4-15-5-3-14/h6H,1-5H2,(H2,11,12,13). The Hall–Kier alpha value is -1.07. The molecule has 0 spiro atoms. The Morgan fingerprint density at radius 2 is 2.27 bits per heavy atom. The SMILES string of the molecule is Nc1ncc(Cl)c(N2CCCOCC2)n1. The highest BCUT2D eigenvalue weighted by atomic mass is 35.5. The van der Waals surface area contributed by atoms with E-state index in [1.165, 1.54) is 6.20 Å². The van der Waals surface area contributed by atoms with Gasteiger partial charge >= 0.3 is 0 Å². The van der Waals surface area contributed by atoms with Crippen molar-refractivity contribution in [2.24, 2.45) is 0 Å². The van der Waals surface area contributed by atoms with Crippen molar-refractivity contribution >= 4 is 23.4 Å². The van der Waals surface area contributed by atoms with E-state index in [9.17, 15) is 0 Å². The quantitative estimate of drug-likeness (QED) is 0.775. The molecule has 1 aliphatic rings. The summed E-state index contributed by atoms with van der Waals surface area (Å²) in [6.07, 6.45) is 2.51. The zero-order chi connectivity index (χ0) is 10.7. The van der Waals surface area contributed by atoms with E-state index in [0.717, 1.165) is 26.1 Å². The molecule has 15 heavy (non-hydrogen) atoms. The van der Waals surface area contributed by atoms with Crippen molar-refractivity contribution in [1.29, 1.82) is 0 Å². The van der Waals surface area contributed by atoms with Gasteiger partial charge in [0.1, 0.15) is 5.02 Å². The van der Waals surface area contributed by atoms with Gasteiger partial charge in [-0.2, -0.15) is 4.98 Å². The molecule has 1 saturated heterocycles. The Kier molecular flexibility index (Phi) is 3.23. The fourth-order valence-corrected chi connectivity index (χ4v) is 1.76. The van der Waals surface area contributed by atoms with Crippen LogP contribution in [0.25, 0.3) is 0 Å². The summed E-state index contributed by atoms with van der Waals surface area (Å²) in [5.74, 6) is 0.953. The second kappa shape index (κ2) is 4.63. The van der Waals surface area contributed by atoms with Crippen LogP contribution >= 0.6 is 11.6 Å². The molecule has 82 valence electrons. The van der Waals surface area contributed by atoms with Crippen LogP contribution < -0.4 is 10.6 Å². The number of halogens is 1. The largest absolute Gasteiger partial charge is 0.380 e. The molecular weight excluding hydrogens is 216 g/mol. The van der Waals surface area contributed by atoms with E-state index in [4.69, 9.17) is 22.1 Å². The van der Waals surface area contributed by atoms with Crippen LogP contribution in [0.1, 0.15) is 6.42 Å². The molecule has 1 aliphatic heterocycles. The molecule has 1 fully saturated rings. The monoisotopic (exact) mass is 228 g/mol. The first kappa shape index (κ1) is 10.4. The smallest absolute Gasteiger partial charge is 0.222 e. The molecule has 2 heterocycles. The van der Waals surface area contributed by atoms with E-state index in [1.54, 1.807) is 0 Å². The molecule has 0 unspecified atom stereocenters. The summed E-state index contributed by atoms with van der Waals surface area (Å²) in [4.78, 5) is 10.1. The van der Waals surface area contributed by atoms with Gasteiger partial charge in [0.25, 0.3) is 0 Å². The van der Waals surface area contributed by atoms with E-state index in [-0.39, 0.29) is 5.95 Å². The molecule has 1 aromatic rings. The van der Waals surface area contributed by atoms with Crippen molar-refractivity contribution in [2.75, 3.05) is 36.9 Å². The van der Waals surface area contributed by atoms with Crippen LogP contribution in [0.3, 0.4) is 0 Å². The van der Waals surface area contributed by atoms with Crippen molar-refractivity contribution < 1.29 is 4.74 Å². The summed E-state index contributed by atoms with van der Waals surface area (Å²) >= 11 is 6.02. The third kappa shape index (κ3) is 2.49. The van der Waals surface area contributed by atoms with Crippen molar-refractivity contribution in [2.45, 2.75) is 6.42 Å². The first-order valence-corrected chi connectivity index (χ1v) is 5.26. The molecule has 6 heteroatoms. The lowest BCUT2D eigenvalue weighted by atomic mass is 10.4. The van der Waals surface area contributed by atoms with E-state index < -0.39 is 0 Å². The Morgan fingerprint density at radius 3 is 3.13 bits per heavy atom. The van der Waals surface area contributed by atoms with E-state index in [1.807, 2.05) is 0 Å². The zero-order valence-electron chi connectivity index (χ0n) is 8.32. The number of aromatic nitrogens is 2. The van der Waals surface area contributed by atoms with E-state index in [0.29, 0.717) is 17.4 Å². The molecule has 2 rings (SSSR count). The highest BCUT2D eigenvalue weighted by Crippen LogP contribution is 2.23. The number of nitrogens with two attached hydrogens (primary N) is 1. The minimum absolute atomic E-state index is 0.250. The lowest BCUT2D eigenvalue weighted by Crippen LogP contribution is -2.27. The van der Waals surface area contributed by atoms with E-state index in [2.05, 4.69) is 14.9 Å².